The smallest absolute Gasteiger partial charge is 0.323 e. The molecular formula is C17H11F3N2OS. The Bertz CT molecular complexity index is 865. The number of para-hydroxylation sites is 1. The van der Waals surface area contributed by atoms with Crippen molar-refractivity contribution in [3.8, 4) is 0 Å². The van der Waals surface area contributed by atoms with Gasteiger partial charge in [-0.25, -0.2) is 4.98 Å². The molecule has 0 spiro atoms. The van der Waals surface area contributed by atoms with Crippen LogP contribution in [0, 0.1) is 0 Å². The lowest BCUT2D eigenvalue weighted by Gasteiger charge is -2.07. The molecular weight excluding hydrogens is 337 g/mol. The van der Waals surface area contributed by atoms with E-state index in [0.29, 0.717) is 10.7 Å². The van der Waals surface area contributed by atoms with Gasteiger partial charge < -0.3 is 5.32 Å². The number of thiazole rings is 1. The van der Waals surface area contributed by atoms with Crippen LogP contribution in [0.3, 0.4) is 0 Å². The van der Waals surface area contributed by atoms with Crippen LogP contribution in [0.1, 0.15) is 10.6 Å². The molecule has 1 aromatic heterocycles. The van der Waals surface area contributed by atoms with Gasteiger partial charge in [-0.05, 0) is 42.5 Å². The van der Waals surface area contributed by atoms with Gasteiger partial charge in [-0.1, -0.05) is 12.1 Å². The topological polar surface area (TPSA) is 42.0 Å². The molecule has 1 N–H and O–H groups in total. The molecule has 24 heavy (non-hydrogen) atoms. The van der Waals surface area contributed by atoms with Crippen molar-refractivity contribution in [2.75, 3.05) is 5.32 Å². The largest absolute Gasteiger partial charge is 0.416 e. The number of rotatable bonds is 3. The normalized spacial score (nSPS) is 12.0. The fourth-order valence-electron chi connectivity index (χ4n) is 2.03. The zero-order valence-corrected chi connectivity index (χ0v) is 13.0. The Morgan fingerprint density at radius 1 is 1.08 bits per heavy atom. The summed E-state index contributed by atoms with van der Waals surface area (Å²) >= 11 is 1.45. The lowest BCUT2D eigenvalue weighted by molar-refractivity contribution is -0.137. The van der Waals surface area contributed by atoms with Crippen LogP contribution >= 0.6 is 11.3 Å². The Hall–Kier alpha value is -2.67. The number of aromatic nitrogens is 1. The van der Waals surface area contributed by atoms with E-state index in [0.717, 1.165) is 22.3 Å². The Morgan fingerprint density at radius 3 is 2.46 bits per heavy atom. The van der Waals surface area contributed by atoms with Gasteiger partial charge in [0.05, 0.1) is 15.8 Å². The summed E-state index contributed by atoms with van der Waals surface area (Å²) in [6.45, 7) is 0. The molecule has 0 fully saturated rings. The summed E-state index contributed by atoms with van der Waals surface area (Å²) < 4.78 is 38.4. The number of anilines is 1. The quantitative estimate of drug-likeness (QED) is 0.679. The van der Waals surface area contributed by atoms with Crippen LogP contribution in [0.5, 0.6) is 0 Å². The maximum absolute atomic E-state index is 12.5. The second kappa shape index (κ2) is 6.45. The highest BCUT2D eigenvalue weighted by atomic mass is 32.1. The SMILES string of the molecule is O=C(C=Cc1nc2ccccc2s1)Nc1ccc(C(F)(F)F)cc1. The van der Waals surface area contributed by atoms with E-state index >= 15 is 0 Å². The molecule has 0 saturated carbocycles. The molecule has 0 aliphatic rings. The Morgan fingerprint density at radius 2 is 1.79 bits per heavy atom. The van der Waals surface area contributed by atoms with Crippen molar-refractivity contribution < 1.29 is 18.0 Å². The number of halogens is 3. The van der Waals surface area contributed by atoms with Gasteiger partial charge in [-0.3, -0.25) is 4.79 Å². The van der Waals surface area contributed by atoms with Crippen molar-refractivity contribution in [3.63, 3.8) is 0 Å². The molecule has 1 amide bonds. The van der Waals surface area contributed by atoms with Crippen molar-refractivity contribution in [1.29, 1.82) is 0 Å². The molecule has 0 unspecified atom stereocenters. The van der Waals surface area contributed by atoms with E-state index in [4.69, 9.17) is 0 Å². The third-order valence-corrected chi connectivity index (χ3v) is 4.17. The highest BCUT2D eigenvalue weighted by Gasteiger charge is 2.29. The van der Waals surface area contributed by atoms with Gasteiger partial charge in [0.1, 0.15) is 5.01 Å². The van der Waals surface area contributed by atoms with Gasteiger partial charge >= 0.3 is 6.18 Å². The van der Waals surface area contributed by atoms with E-state index in [1.54, 1.807) is 6.08 Å². The van der Waals surface area contributed by atoms with Crippen LogP contribution in [-0.4, -0.2) is 10.9 Å². The van der Waals surface area contributed by atoms with Crippen LogP contribution in [0.15, 0.2) is 54.6 Å². The molecule has 0 aliphatic carbocycles. The highest BCUT2D eigenvalue weighted by molar-refractivity contribution is 7.19. The van der Waals surface area contributed by atoms with Gasteiger partial charge in [0.25, 0.3) is 0 Å². The fraction of sp³-hybridized carbons (Fsp3) is 0.0588. The first kappa shape index (κ1) is 16.2. The summed E-state index contributed by atoms with van der Waals surface area (Å²) in [5.74, 6) is -0.436. The maximum atomic E-state index is 12.5. The van der Waals surface area contributed by atoms with Crippen molar-refractivity contribution in [2.45, 2.75) is 6.18 Å². The van der Waals surface area contributed by atoms with Gasteiger partial charge in [0, 0.05) is 11.8 Å². The number of carbonyl (C=O) groups is 1. The molecule has 0 radical (unpaired) electrons. The van der Waals surface area contributed by atoms with E-state index in [2.05, 4.69) is 10.3 Å². The molecule has 0 atom stereocenters. The number of benzene rings is 2. The molecule has 0 bridgehead atoms. The monoisotopic (exact) mass is 348 g/mol. The number of nitrogens with zero attached hydrogens (tertiary/aromatic N) is 1. The molecule has 0 aliphatic heterocycles. The van der Waals surface area contributed by atoms with E-state index in [9.17, 15) is 18.0 Å². The predicted octanol–water partition coefficient (Wildman–Crippen LogP) is 4.97. The Kier molecular flexibility index (Phi) is 4.35. The summed E-state index contributed by atoms with van der Waals surface area (Å²) in [6, 6.07) is 11.9. The van der Waals surface area contributed by atoms with Gasteiger partial charge in [0.2, 0.25) is 5.91 Å². The van der Waals surface area contributed by atoms with E-state index in [-0.39, 0.29) is 0 Å². The number of hydrogen-bond acceptors (Lipinski definition) is 3. The molecule has 122 valence electrons. The van der Waals surface area contributed by atoms with Crippen LogP contribution in [0.4, 0.5) is 18.9 Å². The minimum absolute atomic E-state index is 0.293. The second-order valence-corrected chi connectivity index (χ2v) is 5.98. The fourth-order valence-corrected chi connectivity index (χ4v) is 2.91. The lowest BCUT2D eigenvalue weighted by Crippen LogP contribution is -2.09. The Balaban J connectivity index is 1.66. The first-order valence-corrected chi connectivity index (χ1v) is 7.75. The molecule has 0 saturated heterocycles. The minimum Gasteiger partial charge on any atom is -0.323 e. The summed E-state index contributed by atoms with van der Waals surface area (Å²) in [7, 11) is 0. The third kappa shape index (κ3) is 3.80. The van der Waals surface area contributed by atoms with Gasteiger partial charge in [0.15, 0.2) is 0 Å². The molecule has 1 heterocycles. The number of nitrogens with one attached hydrogen (secondary N) is 1. The Labute approximate surface area is 139 Å². The minimum atomic E-state index is -4.39. The summed E-state index contributed by atoms with van der Waals surface area (Å²) in [5, 5.41) is 3.19. The molecule has 7 heteroatoms. The van der Waals surface area contributed by atoms with Crippen molar-refractivity contribution >= 4 is 39.2 Å². The zero-order chi connectivity index (χ0) is 17.2. The molecule has 2 aromatic carbocycles. The van der Waals surface area contributed by atoms with Crippen LogP contribution in [-0.2, 0) is 11.0 Å². The van der Waals surface area contributed by atoms with Gasteiger partial charge in [-0.15, -0.1) is 11.3 Å². The molecule has 3 rings (SSSR count). The lowest BCUT2D eigenvalue weighted by atomic mass is 10.2. The first-order chi connectivity index (χ1) is 11.4. The summed E-state index contributed by atoms with van der Waals surface area (Å²) in [5.41, 5.74) is 0.387. The number of hydrogen-bond donors (Lipinski definition) is 1. The summed E-state index contributed by atoms with van der Waals surface area (Å²) in [6.07, 6.45) is -1.52. The first-order valence-electron chi connectivity index (χ1n) is 6.94. The van der Waals surface area contributed by atoms with Crippen LogP contribution < -0.4 is 5.32 Å². The van der Waals surface area contributed by atoms with E-state index in [1.807, 2.05) is 24.3 Å². The van der Waals surface area contributed by atoms with E-state index < -0.39 is 17.6 Å². The maximum Gasteiger partial charge on any atom is 0.416 e. The van der Waals surface area contributed by atoms with Gasteiger partial charge in [-0.2, -0.15) is 13.2 Å². The second-order valence-electron chi connectivity index (χ2n) is 4.92. The average Bonchev–Trinajstić information content (AvgIpc) is 2.95. The highest BCUT2D eigenvalue weighted by Crippen LogP contribution is 2.29. The number of amides is 1. The number of carbonyl (C=O) groups excluding carboxylic acids is 1. The van der Waals surface area contributed by atoms with Crippen LogP contribution in [0.2, 0.25) is 0 Å². The average molecular weight is 348 g/mol. The molecule has 3 aromatic rings. The van der Waals surface area contributed by atoms with Crippen molar-refractivity contribution in [1.82, 2.24) is 4.98 Å². The van der Waals surface area contributed by atoms with E-state index in [1.165, 1.54) is 29.5 Å². The standard InChI is InChI=1S/C17H11F3N2OS/c18-17(19,20)11-5-7-12(8-6-11)21-15(23)9-10-16-22-13-3-1-2-4-14(13)24-16/h1-10H,(H,21,23). The third-order valence-electron chi connectivity index (χ3n) is 3.17. The van der Waals surface area contributed by atoms with Crippen molar-refractivity contribution in [3.05, 3.63) is 65.2 Å². The molecule has 3 nitrogen and oxygen atoms in total. The number of alkyl halides is 3. The number of fused-ring (bicyclic) bond motifs is 1. The zero-order valence-electron chi connectivity index (χ0n) is 12.2. The van der Waals surface area contributed by atoms with Crippen LogP contribution in [0.25, 0.3) is 16.3 Å². The summed E-state index contributed by atoms with van der Waals surface area (Å²) in [4.78, 5) is 16.2. The predicted molar refractivity (Wildman–Crippen MR) is 88.7 cm³/mol. The van der Waals surface area contributed by atoms with Crippen molar-refractivity contribution in [2.24, 2.45) is 0 Å².